The molecule has 0 spiro atoms. The first-order valence-electron chi connectivity index (χ1n) is 7.07. The molecule has 2 N–H and O–H groups in total. The number of nitrogens with one attached hydrogen (secondary N) is 1. The van der Waals surface area contributed by atoms with Crippen LogP contribution in [0, 0.1) is 5.82 Å². The molecule has 25 heavy (non-hydrogen) atoms. The summed E-state index contributed by atoms with van der Waals surface area (Å²) in [6.07, 6.45) is 0.392. The molecule has 0 radical (unpaired) electrons. The van der Waals surface area contributed by atoms with E-state index in [1.807, 2.05) is 0 Å². The van der Waals surface area contributed by atoms with Crippen LogP contribution in [0.15, 0.2) is 35.2 Å². The monoisotopic (exact) mass is 364 g/mol. The van der Waals surface area contributed by atoms with Gasteiger partial charge in [0.15, 0.2) is 28.9 Å². The van der Waals surface area contributed by atoms with Gasteiger partial charge in [-0.1, -0.05) is 0 Å². The summed E-state index contributed by atoms with van der Waals surface area (Å²) < 4.78 is 44.5. The number of halogens is 1. The predicted molar refractivity (Wildman–Crippen MR) is 87.8 cm³/mol. The second kappa shape index (κ2) is 6.99. The van der Waals surface area contributed by atoms with Gasteiger partial charge in [0.25, 0.3) is 0 Å². The molecular formula is C16H13FN2O5S. The molecule has 130 valence electrons. The molecule has 1 aromatic heterocycles. The number of H-pyrrole nitrogens is 1. The molecule has 0 fully saturated rings. The molecule has 7 nitrogen and oxygen atoms in total. The van der Waals surface area contributed by atoms with Crippen molar-refractivity contribution in [2.45, 2.75) is 11.5 Å². The van der Waals surface area contributed by atoms with Crippen molar-refractivity contribution in [2.75, 3.05) is 7.11 Å². The molecule has 0 aliphatic rings. The molecule has 1 heterocycles. The molecule has 0 aliphatic heterocycles. The Morgan fingerprint density at radius 3 is 2.80 bits per heavy atom. The highest BCUT2D eigenvalue weighted by Gasteiger charge is 2.13. The van der Waals surface area contributed by atoms with Gasteiger partial charge >= 0.3 is 0 Å². The van der Waals surface area contributed by atoms with Gasteiger partial charge in [-0.15, -0.1) is 0 Å². The zero-order valence-corrected chi connectivity index (χ0v) is 13.8. The SMILES string of the molecule is COc1cc(C=O)c(F)cc1OCc1nc2ccc(S(=O)O)cc2[nH]1. The van der Waals surface area contributed by atoms with E-state index in [0.29, 0.717) is 23.1 Å². The molecule has 0 bridgehead atoms. The first-order chi connectivity index (χ1) is 12.0. The number of ether oxygens (including phenoxy) is 2. The molecule has 0 saturated heterocycles. The number of methoxy groups -OCH3 is 1. The summed E-state index contributed by atoms with van der Waals surface area (Å²) in [7, 11) is 1.38. The van der Waals surface area contributed by atoms with E-state index >= 15 is 0 Å². The molecule has 2 aromatic carbocycles. The highest BCUT2D eigenvalue weighted by Crippen LogP contribution is 2.30. The Hall–Kier alpha value is -2.78. The second-order valence-corrected chi connectivity index (χ2v) is 6.01. The summed E-state index contributed by atoms with van der Waals surface area (Å²) in [5.74, 6) is 0.0732. The number of carbonyl (C=O) groups is 1. The third kappa shape index (κ3) is 3.52. The number of imidazole rings is 1. The number of hydrogen-bond donors (Lipinski definition) is 2. The zero-order valence-electron chi connectivity index (χ0n) is 13.0. The number of aromatic nitrogens is 2. The number of aldehydes is 1. The second-order valence-electron chi connectivity index (χ2n) is 5.04. The standard InChI is InChI=1S/C16H13FN2O5S/c1-23-14-4-9(7-20)11(17)6-15(14)24-8-16-18-12-3-2-10(25(21)22)5-13(12)19-16/h2-7H,8H2,1H3,(H,18,19)(H,21,22). The number of hydrogen-bond acceptors (Lipinski definition) is 5. The van der Waals surface area contributed by atoms with Crippen molar-refractivity contribution in [2.24, 2.45) is 0 Å². The largest absolute Gasteiger partial charge is 0.493 e. The highest BCUT2D eigenvalue weighted by molar-refractivity contribution is 7.79. The maximum absolute atomic E-state index is 13.7. The van der Waals surface area contributed by atoms with Crippen molar-refractivity contribution >= 4 is 28.4 Å². The fourth-order valence-corrected chi connectivity index (χ4v) is 2.68. The van der Waals surface area contributed by atoms with Crippen molar-refractivity contribution in [3.8, 4) is 11.5 Å². The van der Waals surface area contributed by atoms with Crippen molar-refractivity contribution < 1.29 is 27.4 Å². The zero-order chi connectivity index (χ0) is 18.0. The number of fused-ring (bicyclic) bond motifs is 1. The van der Waals surface area contributed by atoms with E-state index in [0.717, 1.165) is 6.07 Å². The van der Waals surface area contributed by atoms with Gasteiger partial charge in [0.1, 0.15) is 18.2 Å². The minimum Gasteiger partial charge on any atom is -0.493 e. The van der Waals surface area contributed by atoms with Crippen molar-refractivity contribution in [1.82, 2.24) is 9.97 Å². The Kier molecular flexibility index (Phi) is 4.77. The number of rotatable bonds is 6. The van der Waals surface area contributed by atoms with E-state index in [2.05, 4.69) is 9.97 Å². The van der Waals surface area contributed by atoms with Crippen LogP contribution < -0.4 is 9.47 Å². The molecule has 3 rings (SSSR count). The normalized spacial score (nSPS) is 12.1. The quantitative estimate of drug-likeness (QED) is 0.515. The molecule has 9 heteroatoms. The first-order valence-corrected chi connectivity index (χ1v) is 8.17. The van der Waals surface area contributed by atoms with E-state index in [-0.39, 0.29) is 28.6 Å². The lowest BCUT2D eigenvalue weighted by Crippen LogP contribution is -2.01. The molecule has 0 saturated carbocycles. The van der Waals surface area contributed by atoms with E-state index < -0.39 is 16.9 Å². The van der Waals surface area contributed by atoms with Gasteiger partial charge in [-0.3, -0.25) is 4.79 Å². The third-order valence-electron chi connectivity index (χ3n) is 3.48. The van der Waals surface area contributed by atoms with Crippen LogP contribution in [0.25, 0.3) is 11.0 Å². The van der Waals surface area contributed by atoms with Crippen LogP contribution in [0.5, 0.6) is 11.5 Å². The van der Waals surface area contributed by atoms with E-state index in [1.165, 1.54) is 25.3 Å². The lowest BCUT2D eigenvalue weighted by Gasteiger charge is -2.10. The maximum Gasteiger partial charge on any atom is 0.186 e. The molecule has 3 aromatic rings. The fourth-order valence-electron chi connectivity index (χ4n) is 2.28. The number of benzene rings is 2. The van der Waals surface area contributed by atoms with Crippen LogP contribution in [0.1, 0.15) is 16.2 Å². The number of nitrogens with zero attached hydrogens (tertiary/aromatic N) is 1. The molecule has 0 amide bonds. The highest BCUT2D eigenvalue weighted by atomic mass is 32.2. The molecule has 1 unspecified atom stereocenters. The molecule has 0 aliphatic carbocycles. The van der Waals surface area contributed by atoms with Crippen molar-refractivity contribution in [3.63, 3.8) is 0 Å². The van der Waals surface area contributed by atoms with Crippen LogP contribution in [-0.4, -0.2) is 32.1 Å². The average Bonchev–Trinajstić information content (AvgIpc) is 3.01. The number of aromatic amines is 1. The van der Waals surface area contributed by atoms with Crippen molar-refractivity contribution in [1.29, 1.82) is 0 Å². The Labute approximate surface area is 144 Å². The van der Waals surface area contributed by atoms with E-state index in [9.17, 15) is 13.4 Å². The van der Waals surface area contributed by atoms with Crippen LogP contribution in [0.4, 0.5) is 4.39 Å². The topological polar surface area (TPSA) is 102 Å². The van der Waals surface area contributed by atoms with Gasteiger partial charge in [0.05, 0.1) is 28.6 Å². The summed E-state index contributed by atoms with van der Waals surface area (Å²) in [6.45, 7) is -0.0114. The van der Waals surface area contributed by atoms with E-state index in [4.69, 9.17) is 14.0 Å². The summed E-state index contributed by atoms with van der Waals surface area (Å²) in [4.78, 5) is 18.3. The van der Waals surface area contributed by atoms with Gasteiger partial charge in [-0.2, -0.15) is 0 Å². The van der Waals surface area contributed by atoms with Gasteiger partial charge in [0.2, 0.25) is 0 Å². The van der Waals surface area contributed by atoms with Crippen LogP contribution in [0.3, 0.4) is 0 Å². The summed E-state index contributed by atoms with van der Waals surface area (Å²) in [5, 5.41) is 0. The lowest BCUT2D eigenvalue weighted by atomic mass is 10.2. The van der Waals surface area contributed by atoms with Gasteiger partial charge in [0, 0.05) is 6.07 Å². The fraction of sp³-hybridized carbons (Fsp3) is 0.125. The first kappa shape index (κ1) is 17.1. The Morgan fingerprint density at radius 1 is 1.32 bits per heavy atom. The van der Waals surface area contributed by atoms with Gasteiger partial charge < -0.3 is 19.0 Å². The average molecular weight is 364 g/mol. The van der Waals surface area contributed by atoms with Gasteiger partial charge in [-0.25, -0.2) is 13.6 Å². The Bertz CT molecular complexity index is 973. The Morgan fingerprint density at radius 2 is 2.12 bits per heavy atom. The molecule has 1 atom stereocenters. The predicted octanol–water partition coefficient (Wildman–Crippen LogP) is 2.68. The number of carbonyl (C=O) groups excluding carboxylic acids is 1. The molecular weight excluding hydrogens is 351 g/mol. The minimum atomic E-state index is -2.09. The minimum absolute atomic E-state index is 0.0114. The van der Waals surface area contributed by atoms with Crippen LogP contribution in [0.2, 0.25) is 0 Å². The summed E-state index contributed by atoms with van der Waals surface area (Å²) >= 11 is -2.09. The van der Waals surface area contributed by atoms with E-state index in [1.54, 1.807) is 6.07 Å². The Balaban J connectivity index is 1.84. The maximum atomic E-state index is 13.7. The van der Waals surface area contributed by atoms with Crippen LogP contribution >= 0.6 is 0 Å². The lowest BCUT2D eigenvalue weighted by molar-refractivity contribution is 0.111. The van der Waals surface area contributed by atoms with Gasteiger partial charge in [-0.05, 0) is 24.3 Å². The summed E-state index contributed by atoms with van der Waals surface area (Å²) in [5.41, 5.74) is 1.05. The van der Waals surface area contributed by atoms with Crippen LogP contribution in [-0.2, 0) is 17.7 Å². The summed E-state index contributed by atoms with van der Waals surface area (Å²) in [6, 6.07) is 6.94. The third-order valence-corrected chi connectivity index (χ3v) is 4.14. The van der Waals surface area contributed by atoms with Crippen molar-refractivity contribution in [3.05, 3.63) is 47.5 Å². The smallest absolute Gasteiger partial charge is 0.186 e.